The molecule has 3 aromatic rings. The highest BCUT2D eigenvalue weighted by molar-refractivity contribution is 5.81. The molecule has 1 atom stereocenters. The predicted octanol–water partition coefficient (Wildman–Crippen LogP) is 8.68. The van der Waals surface area contributed by atoms with Crippen molar-refractivity contribution in [3.8, 4) is 5.75 Å². The predicted molar refractivity (Wildman–Crippen MR) is 189 cm³/mol. The summed E-state index contributed by atoms with van der Waals surface area (Å²) in [7, 11) is 0. The van der Waals surface area contributed by atoms with Crippen LogP contribution >= 0.6 is 0 Å². The van der Waals surface area contributed by atoms with Crippen molar-refractivity contribution in [2.24, 2.45) is 0 Å². The second kappa shape index (κ2) is 18.5. The summed E-state index contributed by atoms with van der Waals surface area (Å²) in [5.41, 5.74) is 3.12. The highest BCUT2D eigenvalue weighted by Crippen LogP contribution is 2.34. The summed E-state index contributed by atoms with van der Waals surface area (Å²) in [6.45, 7) is 7.45. The molecule has 0 aliphatic carbocycles. The van der Waals surface area contributed by atoms with Crippen LogP contribution in [0.5, 0.6) is 5.75 Å². The first-order chi connectivity index (χ1) is 23.4. The Kier molecular flexibility index (Phi) is 13.9. The Balaban J connectivity index is 1.02. The van der Waals surface area contributed by atoms with E-state index in [0.29, 0.717) is 43.1 Å². The Morgan fingerprint density at radius 1 is 0.938 bits per heavy atom. The van der Waals surface area contributed by atoms with Gasteiger partial charge in [0.05, 0.1) is 5.69 Å². The van der Waals surface area contributed by atoms with Gasteiger partial charge >= 0.3 is 5.97 Å². The average Bonchev–Trinajstić information content (AvgIpc) is 3.50. The number of aromatic nitrogens is 3. The number of fused-ring (bicyclic) bond motifs is 2. The number of nitrogens with zero attached hydrogens (tertiary/aromatic N) is 4. The second-order valence-electron chi connectivity index (χ2n) is 14.2. The van der Waals surface area contributed by atoms with Crippen molar-refractivity contribution in [2.45, 2.75) is 154 Å². The number of aromatic hydroxyl groups is 1. The molecule has 1 unspecified atom stereocenters. The minimum Gasteiger partial charge on any atom is -0.508 e. The summed E-state index contributed by atoms with van der Waals surface area (Å²) >= 11 is 0. The van der Waals surface area contributed by atoms with Gasteiger partial charge in [-0.15, -0.1) is 0 Å². The second-order valence-corrected chi connectivity index (χ2v) is 14.2. The highest BCUT2D eigenvalue weighted by Gasteiger charge is 2.29. The molecular formula is C39H58N4O5. The first-order valence-electron chi connectivity index (χ1n) is 19.0. The number of carbonyl (C=O) groups excluding carboxylic acids is 1. The molecule has 1 aromatic carbocycles. The molecule has 9 heteroatoms. The molecule has 5 rings (SSSR count). The first kappa shape index (κ1) is 36.1. The SMILES string of the molecule is CCCCCCCCCCCCCCCC(=O)OC1CCCn2c1nc(C)c(CCN1CCC(c3noc4cc(O)ccc34)CC1)c2=O. The van der Waals surface area contributed by atoms with Crippen molar-refractivity contribution in [1.82, 2.24) is 19.6 Å². The maximum absolute atomic E-state index is 13.6. The van der Waals surface area contributed by atoms with Crippen molar-refractivity contribution in [2.75, 3.05) is 19.6 Å². The summed E-state index contributed by atoms with van der Waals surface area (Å²) in [6, 6.07) is 5.18. The van der Waals surface area contributed by atoms with E-state index in [1.54, 1.807) is 16.7 Å². The molecule has 0 radical (unpaired) electrons. The van der Waals surface area contributed by atoms with Crippen LogP contribution in [0, 0.1) is 6.92 Å². The molecule has 0 saturated carbocycles. The topological polar surface area (TPSA) is 111 Å². The lowest BCUT2D eigenvalue weighted by Crippen LogP contribution is -2.38. The summed E-state index contributed by atoms with van der Waals surface area (Å²) < 4.78 is 13.1. The molecule has 1 N–H and O–H groups in total. The lowest BCUT2D eigenvalue weighted by molar-refractivity contribution is -0.151. The molecule has 0 spiro atoms. The first-order valence-corrected chi connectivity index (χ1v) is 19.0. The number of rotatable bonds is 19. The third-order valence-electron chi connectivity index (χ3n) is 10.5. The Labute approximate surface area is 286 Å². The fourth-order valence-corrected chi connectivity index (χ4v) is 7.59. The van der Waals surface area contributed by atoms with E-state index in [1.807, 2.05) is 13.0 Å². The molecule has 2 aliphatic rings. The minimum atomic E-state index is -0.440. The van der Waals surface area contributed by atoms with Crippen LogP contribution in [0.4, 0.5) is 0 Å². The zero-order chi connectivity index (χ0) is 33.7. The molecule has 0 bridgehead atoms. The minimum absolute atomic E-state index is 0.0157. The fourth-order valence-electron chi connectivity index (χ4n) is 7.59. The van der Waals surface area contributed by atoms with Crippen molar-refractivity contribution in [3.63, 3.8) is 0 Å². The maximum atomic E-state index is 13.6. The number of ether oxygens (including phenoxy) is 1. The lowest BCUT2D eigenvalue weighted by atomic mass is 9.91. The zero-order valence-corrected chi connectivity index (χ0v) is 29.5. The standard InChI is InChI=1S/C39H58N4O5/c1-3-4-5-6-7-8-9-10-11-12-13-14-15-18-36(45)47-34-17-16-24-43-38(34)40-29(2)32(39(43)46)23-27-42-25-21-30(22-26-42)37-33-20-19-31(44)28-35(33)48-41-37/h19-20,28,30,34,44H,3-18,21-27H2,1-2H3. The molecule has 4 heterocycles. The summed E-state index contributed by atoms with van der Waals surface area (Å²) in [5, 5.41) is 15.0. The van der Waals surface area contributed by atoms with E-state index in [9.17, 15) is 14.7 Å². The molecule has 264 valence electrons. The van der Waals surface area contributed by atoms with Crippen LogP contribution in [-0.4, -0.2) is 50.3 Å². The third kappa shape index (κ3) is 9.93. The van der Waals surface area contributed by atoms with Gasteiger partial charge in [0.2, 0.25) is 0 Å². The Bertz CT molecular complexity index is 1510. The number of benzene rings is 1. The molecule has 1 fully saturated rings. The monoisotopic (exact) mass is 662 g/mol. The molecular weight excluding hydrogens is 604 g/mol. The smallest absolute Gasteiger partial charge is 0.306 e. The van der Waals surface area contributed by atoms with Crippen LogP contribution < -0.4 is 5.56 Å². The van der Waals surface area contributed by atoms with E-state index in [4.69, 9.17) is 14.2 Å². The van der Waals surface area contributed by atoms with E-state index in [2.05, 4.69) is 17.0 Å². The Hall–Kier alpha value is -3.20. The van der Waals surface area contributed by atoms with Gasteiger partial charge in [-0.25, -0.2) is 4.98 Å². The van der Waals surface area contributed by atoms with E-state index in [1.165, 1.54) is 70.6 Å². The van der Waals surface area contributed by atoms with Crippen molar-refractivity contribution >= 4 is 16.9 Å². The fraction of sp³-hybridized carbons (Fsp3) is 0.692. The number of hydrogen-bond donors (Lipinski definition) is 1. The summed E-state index contributed by atoms with van der Waals surface area (Å²) in [4.78, 5) is 33.6. The van der Waals surface area contributed by atoms with Gasteiger partial charge in [-0.1, -0.05) is 89.1 Å². The quantitative estimate of drug-likeness (QED) is 0.100. The normalized spacial score (nSPS) is 17.2. The summed E-state index contributed by atoms with van der Waals surface area (Å²) in [6.07, 6.45) is 20.7. The number of phenols is 1. The van der Waals surface area contributed by atoms with Crippen LogP contribution in [0.3, 0.4) is 0 Å². The van der Waals surface area contributed by atoms with Crippen LogP contribution in [0.2, 0.25) is 0 Å². The molecule has 9 nitrogen and oxygen atoms in total. The van der Waals surface area contributed by atoms with Crippen molar-refractivity contribution in [3.05, 3.63) is 51.3 Å². The van der Waals surface area contributed by atoms with Crippen molar-refractivity contribution in [1.29, 1.82) is 0 Å². The molecule has 0 amide bonds. The summed E-state index contributed by atoms with van der Waals surface area (Å²) in [5.74, 6) is 0.932. The van der Waals surface area contributed by atoms with E-state index in [-0.39, 0.29) is 17.3 Å². The van der Waals surface area contributed by atoms with Gasteiger partial charge in [0.25, 0.3) is 5.56 Å². The Morgan fingerprint density at radius 3 is 2.29 bits per heavy atom. The number of likely N-dealkylation sites (tertiary alicyclic amines) is 1. The van der Waals surface area contributed by atoms with Gasteiger partial charge in [0.15, 0.2) is 17.5 Å². The van der Waals surface area contributed by atoms with E-state index in [0.717, 1.165) is 74.1 Å². The van der Waals surface area contributed by atoms with E-state index >= 15 is 0 Å². The van der Waals surface area contributed by atoms with Crippen LogP contribution in [-0.2, 0) is 22.5 Å². The highest BCUT2D eigenvalue weighted by atomic mass is 16.5. The van der Waals surface area contributed by atoms with E-state index < -0.39 is 6.10 Å². The largest absolute Gasteiger partial charge is 0.508 e. The number of phenolic OH excluding ortho intramolecular Hbond substituents is 1. The van der Waals surface area contributed by atoms with Gasteiger partial charge in [-0.2, -0.15) is 0 Å². The van der Waals surface area contributed by atoms with Crippen molar-refractivity contribution < 1.29 is 19.2 Å². The van der Waals surface area contributed by atoms with Gasteiger partial charge in [0, 0.05) is 48.1 Å². The number of carbonyl (C=O) groups is 1. The number of aryl methyl sites for hydroxylation is 1. The molecule has 48 heavy (non-hydrogen) atoms. The van der Waals surface area contributed by atoms with Gasteiger partial charge < -0.3 is 19.3 Å². The van der Waals surface area contributed by atoms with Gasteiger partial charge in [0.1, 0.15) is 5.75 Å². The van der Waals surface area contributed by atoms with Crippen LogP contribution in [0.1, 0.15) is 157 Å². The van der Waals surface area contributed by atoms with Crippen LogP contribution in [0.25, 0.3) is 11.0 Å². The zero-order valence-electron chi connectivity index (χ0n) is 29.5. The van der Waals surface area contributed by atoms with Gasteiger partial charge in [-0.05, 0) is 70.7 Å². The Morgan fingerprint density at radius 2 is 1.60 bits per heavy atom. The average molecular weight is 663 g/mol. The molecule has 2 aromatic heterocycles. The molecule has 2 aliphatic heterocycles. The number of hydrogen-bond acceptors (Lipinski definition) is 8. The maximum Gasteiger partial charge on any atom is 0.306 e. The van der Waals surface area contributed by atoms with Gasteiger partial charge in [-0.3, -0.25) is 14.2 Å². The number of unbranched alkanes of at least 4 members (excludes halogenated alkanes) is 12. The number of piperidine rings is 1. The lowest BCUT2D eigenvalue weighted by Gasteiger charge is -2.31. The van der Waals surface area contributed by atoms with Crippen LogP contribution in [0.15, 0.2) is 27.5 Å². The third-order valence-corrected chi connectivity index (χ3v) is 10.5. The number of esters is 1. The molecule has 1 saturated heterocycles.